The third kappa shape index (κ3) is 2.69. The molecule has 1 aliphatic heterocycles. The second-order valence-electron chi connectivity index (χ2n) is 5.45. The predicted molar refractivity (Wildman–Crippen MR) is 78.6 cm³/mol. The minimum Gasteiger partial charge on any atom is -0.337 e. The highest BCUT2D eigenvalue weighted by Gasteiger charge is 2.31. The third-order valence-corrected chi connectivity index (χ3v) is 5.20. The summed E-state index contributed by atoms with van der Waals surface area (Å²) in [6, 6.07) is 1.66. The molecule has 118 valence electrons. The molecule has 0 aliphatic carbocycles. The van der Waals surface area contributed by atoms with Gasteiger partial charge in [-0.1, -0.05) is 5.16 Å². The molecule has 1 aliphatic rings. The second kappa shape index (κ2) is 5.33. The number of piperidine rings is 1. The Labute approximate surface area is 127 Å². The number of rotatable bonds is 2. The van der Waals surface area contributed by atoms with Crippen molar-refractivity contribution >= 4 is 27.0 Å². The molecule has 9 heteroatoms. The van der Waals surface area contributed by atoms with Crippen LogP contribution in [0.15, 0.2) is 16.8 Å². The lowest BCUT2D eigenvalue weighted by molar-refractivity contribution is 0.0726. The van der Waals surface area contributed by atoms with Crippen LogP contribution in [0.5, 0.6) is 0 Å². The van der Waals surface area contributed by atoms with E-state index >= 15 is 0 Å². The number of carbonyl (C=O) groups is 1. The lowest BCUT2D eigenvalue weighted by atomic mass is 10.1. The highest BCUT2D eigenvalue weighted by Crippen LogP contribution is 2.21. The van der Waals surface area contributed by atoms with Crippen molar-refractivity contribution < 1.29 is 17.7 Å². The average molecular weight is 324 g/mol. The Morgan fingerprint density at radius 2 is 2.27 bits per heavy atom. The molecule has 0 aromatic carbocycles. The van der Waals surface area contributed by atoms with Crippen molar-refractivity contribution in [2.75, 3.05) is 13.1 Å². The van der Waals surface area contributed by atoms with Crippen molar-refractivity contribution in [2.45, 2.75) is 25.0 Å². The van der Waals surface area contributed by atoms with E-state index in [1.165, 1.54) is 11.1 Å². The van der Waals surface area contributed by atoms with E-state index in [4.69, 9.17) is 9.66 Å². The number of aryl methyl sites for hydroxylation is 1. The largest absolute Gasteiger partial charge is 0.337 e. The zero-order valence-electron chi connectivity index (χ0n) is 12.0. The maximum absolute atomic E-state index is 12.5. The van der Waals surface area contributed by atoms with Crippen LogP contribution in [0.4, 0.5) is 0 Å². The number of aromatic nitrogens is 2. The first-order valence-electron chi connectivity index (χ1n) is 6.89. The standard InChI is InChI=1S/C13H16N4O4S/c1-8-11-5-9(6-15-12(11)21-16-8)13(18)17-4-2-3-10(7-17)22(14,19)20/h5-6,10H,2-4,7H2,1H3,(H2,14,19,20)/t10-/m0/s1. The molecular weight excluding hydrogens is 308 g/mol. The van der Waals surface area contributed by atoms with Crippen molar-refractivity contribution in [3.63, 3.8) is 0 Å². The Morgan fingerprint density at radius 3 is 3.00 bits per heavy atom. The van der Waals surface area contributed by atoms with Crippen LogP contribution >= 0.6 is 0 Å². The summed E-state index contributed by atoms with van der Waals surface area (Å²) in [4.78, 5) is 18.1. The van der Waals surface area contributed by atoms with Gasteiger partial charge in [0.1, 0.15) is 0 Å². The van der Waals surface area contributed by atoms with Gasteiger partial charge in [-0.15, -0.1) is 0 Å². The van der Waals surface area contributed by atoms with Crippen molar-refractivity contribution in [1.82, 2.24) is 15.0 Å². The van der Waals surface area contributed by atoms with E-state index in [2.05, 4.69) is 10.1 Å². The molecule has 0 radical (unpaired) electrons. The maximum atomic E-state index is 12.5. The van der Waals surface area contributed by atoms with Crippen LogP contribution < -0.4 is 5.14 Å². The van der Waals surface area contributed by atoms with Gasteiger partial charge in [0.05, 0.1) is 21.9 Å². The fourth-order valence-corrected chi connectivity index (χ4v) is 3.52. The number of nitrogens with zero attached hydrogens (tertiary/aromatic N) is 3. The number of nitrogens with two attached hydrogens (primary N) is 1. The van der Waals surface area contributed by atoms with Crippen molar-refractivity contribution in [3.8, 4) is 0 Å². The van der Waals surface area contributed by atoms with Crippen LogP contribution in [0.1, 0.15) is 28.9 Å². The summed E-state index contributed by atoms with van der Waals surface area (Å²) in [7, 11) is -3.64. The van der Waals surface area contributed by atoms with Crippen LogP contribution in [-0.2, 0) is 10.0 Å². The lowest BCUT2D eigenvalue weighted by Crippen LogP contribution is -2.47. The average Bonchev–Trinajstić information content (AvgIpc) is 2.87. The van der Waals surface area contributed by atoms with E-state index in [1.54, 1.807) is 13.0 Å². The van der Waals surface area contributed by atoms with Gasteiger partial charge in [0.2, 0.25) is 10.0 Å². The Balaban J connectivity index is 1.87. The quantitative estimate of drug-likeness (QED) is 0.855. The molecule has 3 rings (SSSR count). The number of sulfonamides is 1. The maximum Gasteiger partial charge on any atom is 0.257 e. The van der Waals surface area contributed by atoms with Crippen molar-refractivity contribution in [2.24, 2.45) is 5.14 Å². The molecule has 2 aromatic rings. The number of hydrogen-bond acceptors (Lipinski definition) is 6. The number of fused-ring (bicyclic) bond motifs is 1. The SMILES string of the molecule is Cc1noc2ncc(C(=O)N3CCC[C@H](S(N)(=O)=O)C3)cc12. The van der Waals surface area contributed by atoms with Crippen LogP contribution in [0.25, 0.3) is 11.1 Å². The van der Waals surface area contributed by atoms with Crippen molar-refractivity contribution in [1.29, 1.82) is 0 Å². The molecule has 0 saturated carbocycles. The van der Waals surface area contributed by atoms with Gasteiger partial charge in [0.25, 0.3) is 11.6 Å². The minimum atomic E-state index is -3.64. The van der Waals surface area contributed by atoms with Gasteiger partial charge in [0.15, 0.2) is 0 Å². The van der Waals surface area contributed by atoms with Crippen LogP contribution in [-0.4, -0.2) is 47.7 Å². The summed E-state index contributed by atoms with van der Waals surface area (Å²) < 4.78 is 28.0. The van der Waals surface area contributed by atoms with Gasteiger partial charge in [-0.05, 0) is 25.8 Å². The molecular formula is C13H16N4O4S. The fourth-order valence-electron chi connectivity index (χ4n) is 2.64. The van der Waals surface area contributed by atoms with E-state index in [0.29, 0.717) is 41.7 Å². The van der Waals surface area contributed by atoms with Gasteiger partial charge in [-0.25, -0.2) is 18.5 Å². The van der Waals surface area contributed by atoms with E-state index in [9.17, 15) is 13.2 Å². The normalized spacial score (nSPS) is 19.5. The monoisotopic (exact) mass is 324 g/mol. The second-order valence-corrected chi connectivity index (χ2v) is 7.29. The highest BCUT2D eigenvalue weighted by molar-refractivity contribution is 7.89. The summed E-state index contributed by atoms with van der Waals surface area (Å²) in [5.41, 5.74) is 1.40. The Hall–Kier alpha value is -2.00. The third-order valence-electron chi connectivity index (χ3n) is 3.89. The zero-order chi connectivity index (χ0) is 15.9. The van der Waals surface area contributed by atoms with Gasteiger partial charge in [-0.3, -0.25) is 4.79 Å². The number of hydrogen-bond donors (Lipinski definition) is 1. The lowest BCUT2D eigenvalue weighted by Gasteiger charge is -2.31. The molecule has 1 saturated heterocycles. The smallest absolute Gasteiger partial charge is 0.257 e. The van der Waals surface area contributed by atoms with Crippen LogP contribution in [0.3, 0.4) is 0 Å². The number of carbonyl (C=O) groups excluding carboxylic acids is 1. The summed E-state index contributed by atoms with van der Waals surface area (Å²) in [5, 5.41) is 8.95. The van der Waals surface area contributed by atoms with Crippen molar-refractivity contribution in [3.05, 3.63) is 23.5 Å². The molecule has 1 atom stereocenters. The van der Waals surface area contributed by atoms with E-state index in [1.807, 2.05) is 0 Å². The van der Waals surface area contributed by atoms with Crippen LogP contribution in [0.2, 0.25) is 0 Å². The first-order valence-corrected chi connectivity index (χ1v) is 8.50. The number of pyridine rings is 1. The number of amides is 1. The molecule has 3 heterocycles. The first-order chi connectivity index (χ1) is 10.4. The molecule has 22 heavy (non-hydrogen) atoms. The molecule has 1 amide bonds. The Kier molecular flexibility index (Phi) is 3.61. The molecule has 2 aromatic heterocycles. The van der Waals surface area contributed by atoms with Gasteiger partial charge < -0.3 is 9.42 Å². The number of primary sulfonamides is 1. The minimum absolute atomic E-state index is 0.109. The zero-order valence-corrected chi connectivity index (χ0v) is 12.8. The summed E-state index contributed by atoms with van der Waals surface area (Å²) in [6.45, 7) is 2.38. The summed E-state index contributed by atoms with van der Waals surface area (Å²) in [5.74, 6) is -0.261. The molecule has 0 spiro atoms. The first kappa shape index (κ1) is 14.9. The fraction of sp³-hybridized carbons (Fsp3) is 0.462. The molecule has 2 N–H and O–H groups in total. The highest BCUT2D eigenvalue weighted by atomic mass is 32.2. The van der Waals surface area contributed by atoms with Gasteiger partial charge in [-0.2, -0.15) is 0 Å². The number of likely N-dealkylation sites (tertiary alicyclic amines) is 1. The van der Waals surface area contributed by atoms with E-state index in [-0.39, 0.29) is 12.5 Å². The molecule has 8 nitrogen and oxygen atoms in total. The molecule has 1 fully saturated rings. The van der Waals surface area contributed by atoms with E-state index < -0.39 is 15.3 Å². The molecule has 0 bridgehead atoms. The summed E-state index contributed by atoms with van der Waals surface area (Å²) in [6.07, 6.45) is 2.50. The van der Waals surface area contributed by atoms with Gasteiger partial charge in [0, 0.05) is 19.3 Å². The predicted octanol–water partition coefficient (Wildman–Crippen LogP) is 0.424. The topological polar surface area (TPSA) is 119 Å². The van der Waals surface area contributed by atoms with Crippen LogP contribution in [0, 0.1) is 6.92 Å². The summed E-state index contributed by atoms with van der Waals surface area (Å²) >= 11 is 0. The van der Waals surface area contributed by atoms with E-state index in [0.717, 1.165) is 0 Å². The molecule has 0 unspecified atom stereocenters. The Morgan fingerprint density at radius 1 is 1.50 bits per heavy atom. The van der Waals surface area contributed by atoms with Gasteiger partial charge >= 0.3 is 0 Å². The Bertz CT molecular complexity index is 830.